The Morgan fingerprint density at radius 3 is 1.78 bits per heavy atom. The Hall–Kier alpha value is -0.590. The van der Waals surface area contributed by atoms with Gasteiger partial charge in [-0.1, -0.05) is 103 Å². The summed E-state index contributed by atoms with van der Waals surface area (Å²) in [6, 6.07) is 6.37. The molecular formula is C24H43O2P. The van der Waals surface area contributed by atoms with Crippen molar-refractivity contribution in [3.05, 3.63) is 29.3 Å². The van der Waals surface area contributed by atoms with Crippen molar-refractivity contribution in [1.29, 1.82) is 0 Å². The Morgan fingerprint density at radius 2 is 1.22 bits per heavy atom. The zero-order valence-corrected chi connectivity index (χ0v) is 18.9. The van der Waals surface area contributed by atoms with E-state index in [2.05, 4.69) is 26.0 Å². The maximum atomic E-state index is 9.25. The van der Waals surface area contributed by atoms with Gasteiger partial charge in [0.1, 0.15) is 5.75 Å². The molecular weight excluding hydrogens is 351 g/mol. The van der Waals surface area contributed by atoms with Crippen molar-refractivity contribution in [2.75, 3.05) is 0 Å². The van der Waals surface area contributed by atoms with Gasteiger partial charge in [-0.05, 0) is 42.9 Å². The highest BCUT2D eigenvalue weighted by atomic mass is 31.1. The highest BCUT2D eigenvalue weighted by molar-refractivity contribution is 7.25. The Kier molecular flexibility index (Phi) is 15.8. The molecule has 0 saturated carbocycles. The van der Waals surface area contributed by atoms with E-state index in [0.717, 1.165) is 18.6 Å². The quantitative estimate of drug-likeness (QED) is 0.201. The number of unbranched alkanes of at least 4 members (excludes halogenated alkanes) is 12. The van der Waals surface area contributed by atoms with Crippen LogP contribution in [0.4, 0.5) is 0 Å². The first-order valence-electron chi connectivity index (χ1n) is 11.5. The lowest BCUT2D eigenvalue weighted by Gasteiger charge is -2.14. The molecule has 1 aromatic carbocycles. The standard InChI is InChI=1S/C24H43O2P/c1-3-5-7-9-11-13-15-18-22-19-17-21-24(26-27-25)23(22)20-16-14-12-10-8-6-4-2/h17,19,21,25,27H,3-16,18,20H2,1-2H3. The second-order valence-corrected chi connectivity index (χ2v) is 8.22. The average Bonchev–Trinajstić information content (AvgIpc) is 2.68. The van der Waals surface area contributed by atoms with Crippen LogP contribution in [0.1, 0.15) is 115 Å². The molecule has 0 saturated heterocycles. The van der Waals surface area contributed by atoms with Gasteiger partial charge in [-0.15, -0.1) is 0 Å². The molecule has 1 rings (SSSR count). The topological polar surface area (TPSA) is 29.5 Å². The van der Waals surface area contributed by atoms with Crippen LogP contribution >= 0.6 is 9.03 Å². The van der Waals surface area contributed by atoms with Crippen LogP contribution in [-0.2, 0) is 12.8 Å². The molecule has 3 heteroatoms. The molecule has 0 radical (unpaired) electrons. The molecule has 2 nitrogen and oxygen atoms in total. The van der Waals surface area contributed by atoms with E-state index in [1.165, 1.54) is 101 Å². The minimum atomic E-state index is -0.465. The fourth-order valence-electron chi connectivity index (χ4n) is 3.81. The molecule has 0 aromatic heterocycles. The van der Waals surface area contributed by atoms with Crippen LogP contribution < -0.4 is 4.52 Å². The molecule has 1 aromatic rings. The zero-order valence-electron chi connectivity index (χ0n) is 17.9. The summed E-state index contributed by atoms with van der Waals surface area (Å²) in [5, 5.41) is 0. The summed E-state index contributed by atoms with van der Waals surface area (Å²) in [6.07, 6.45) is 21.0. The van der Waals surface area contributed by atoms with Gasteiger partial charge in [0.2, 0.25) is 9.03 Å². The van der Waals surface area contributed by atoms with Crippen molar-refractivity contribution in [2.24, 2.45) is 0 Å². The number of hydrogen-bond acceptors (Lipinski definition) is 2. The Morgan fingerprint density at radius 1 is 0.704 bits per heavy atom. The number of hydrogen-bond donors (Lipinski definition) is 1. The highest BCUT2D eigenvalue weighted by Crippen LogP contribution is 2.29. The van der Waals surface area contributed by atoms with Crippen LogP contribution in [0.3, 0.4) is 0 Å². The Labute approximate surface area is 170 Å². The zero-order chi connectivity index (χ0) is 19.6. The van der Waals surface area contributed by atoms with E-state index >= 15 is 0 Å². The van der Waals surface area contributed by atoms with E-state index in [0.29, 0.717) is 0 Å². The van der Waals surface area contributed by atoms with E-state index in [4.69, 9.17) is 4.52 Å². The van der Waals surface area contributed by atoms with Crippen molar-refractivity contribution >= 4 is 9.03 Å². The van der Waals surface area contributed by atoms with Gasteiger partial charge in [-0.2, -0.15) is 0 Å². The first-order chi connectivity index (χ1) is 13.3. The first kappa shape index (κ1) is 24.4. The third-order valence-corrected chi connectivity index (χ3v) is 5.78. The molecule has 27 heavy (non-hydrogen) atoms. The fourth-order valence-corrected chi connectivity index (χ4v) is 4.09. The molecule has 1 unspecified atom stereocenters. The maximum Gasteiger partial charge on any atom is 0.212 e. The molecule has 1 atom stereocenters. The number of aryl methyl sites for hydroxylation is 1. The maximum absolute atomic E-state index is 9.25. The van der Waals surface area contributed by atoms with Gasteiger partial charge in [-0.25, -0.2) is 0 Å². The number of rotatable bonds is 18. The summed E-state index contributed by atoms with van der Waals surface area (Å²) in [7, 11) is -0.465. The summed E-state index contributed by atoms with van der Waals surface area (Å²) in [4.78, 5) is 9.25. The van der Waals surface area contributed by atoms with Gasteiger partial charge in [0.05, 0.1) is 0 Å². The van der Waals surface area contributed by atoms with Crippen LogP contribution in [0.5, 0.6) is 5.75 Å². The van der Waals surface area contributed by atoms with Crippen molar-refractivity contribution in [3.63, 3.8) is 0 Å². The van der Waals surface area contributed by atoms with E-state index in [1.54, 1.807) is 0 Å². The summed E-state index contributed by atoms with van der Waals surface area (Å²) in [6.45, 7) is 4.54. The van der Waals surface area contributed by atoms with Gasteiger partial charge in [0.25, 0.3) is 0 Å². The highest BCUT2D eigenvalue weighted by Gasteiger charge is 2.10. The second-order valence-electron chi connectivity index (χ2n) is 7.83. The van der Waals surface area contributed by atoms with Gasteiger partial charge in [-0.3, -0.25) is 0 Å². The monoisotopic (exact) mass is 394 g/mol. The Balaban J connectivity index is 2.42. The predicted octanol–water partition coefficient (Wildman–Crippen LogP) is 8.15. The minimum Gasteiger partial charge on any atom is -0.450 e. The van der Waals surface area contributed by atoms with E-state index in [1.807, 2.05) is 6.07 Å². The van der Waals surface area contributed by atoms with Crippen molar-refractivity contribution < 1.29 is 9.42 Å². The lowest BCUT2D eigenvalue weighted by Crippen LogP contribution is -1.98. The summed E-state index contributed by atoms with van der Waals surface area (Å²) < 4.78 is 5.54. The molecule has 156 valence electrons. The van der Waals surface area contributed by atoms with Crippen molar-refractivity contribution in [3.8, 4) is 5.75 Å². The molecule has 0 amide bonds. The molecule has 0 aliphatic carbocycles. The molecule has 0 heterocycles. The summed E-state index contributed by atoms with van der Waals surface area (Å²) >= 11 is 0. The smallest absolute Gasteiger partial charge is 0.212 e. The lowest BCUT2D eigenvalue weighted by atomic mass is 9.95. The third-order valence-electron chi connectivity index (χ3n) is 5.47. The summed E-state index contributed by atoms with van der Waals surface area (Å²) in [5.74, 6) is 0.905. The van der Waals surface area contributed by atoms with Gasteiger partial charge < -0.3 is 9.42 Å². The van der Waals surface area contributed by atoms with E-state index < -0.39 is 9.03 Å². The molecule has 1 N–H and O–H groups in total. The third kappa shape index (κ3) is 11.8. The van der Waals surface area contributed by atoms with E-state index in [-0.39, 0.29) is 0 Å². The molecule has 0 spiro atoms. The van der Waals surface area contributed by atoms with Crippen molar-refractivity contribution in [1.82, 2.24) is 0 Å². The van der Waals surface area contributed by atoms with Crippen LogP contribution in [0, 0.1) is 0 Å². The van der Waals surface area contributed by atoms with Crippen LogP contribution in [0.2, 0.25) is 0 Å². The fraction of sp³-hybridized carbons (Fsp3) is 0.750. The Bertz CT molecular complexity index is 462. The summed E-state index contributed by atoms with van der Waals surface area (Å²) in [5.41, 5.74) is 2.78. The van der Waals surface area contributed by atoms with Crippen LogP contribution in [-0.4, -0.2) is 4.89 Å². The first-order valence-corrected chi connectivity index (χ1v) is 12.4. The van der Waals surface area contributed by atoms with Crippen molar-refractivity contribution in [2.45, 2.75) is 117 Å². The lowest BCUT2D eigenvalue weighted by molar-refractivity contribution is 0.506. The van der Waals surface area contributed by atoms with E-state index in [9.17, 15) is 4.89 Å². The molecule has 0 aliphatic rings. The second kappa shape index (κ2) is 17.5. The average molecular weight is 395 g/mol. The molecule has 0 fully saturated rings. The van der Waals surface area contributed by atoms with Crippen LogP contribution in [0.15, 0.2) is 18.2 Å². The number of benzene rings is 1. The molecule has 0 aliphatic heterocycles. The van der Waals surface area contributed by atoms with Gasteiger partial charge in [0, 0.05) is 0 Å². The predicted molar refractivity (Wildman–Crippen MR) is 121 cm³/mol. The minimum absolute atomic E-state index is 0.465. The normalized spacial score (nSPS) is 11.5. The SMILES string of the molecule is CCCCCCCCCc1cccc(OPO)c1CCCCCCCCC. The molecule has 0 bridgehead atoms. The van der Waals surface area contributed by atoms with Crippen LogP contribution in [0.25, 0.3) is 0 Å². The van der Waals surface area contributed by atoms with Gasteiger partial charge in [0.15, 0.2) is 0 Å². The van der Waals surface area contributed by atoms with Gasteiger partial charge >= 0.3 is 0 Å². The largest absolute Gasteiger partial charge is 0.450 e.